The quantitative estimate of drug-likeness (QED) is 0.0775. The molecule has 0 aromatic heterocycles. The lowest BCUT2D eigenvalue weighted by Crippen LogP contribution is -2.51. The molecule has 0 amide bonds. The average Bonchev–Trinajstić information content (AvgIpc) is 2.90. The van der Waals surface area contributed by atoms with Crippen LogP contribution in [0.25, 0.3) is 0 Å². The Morgan fingerprint density at radius 3 is 1.84 bits per heavy atom. The van der Waals surface area contributed by atoms with Crippen LogP contribution >= 0.6 is 0 Å². The summed E-state index contributed by atoms with van der Waals surface area (Å²) in [6.45, 7) is 4.89. The predicted molar refractivity (Wildman–Crippen MR) is 155 cm³/mol. The van der Waals surface area contributed by atoms with Gasteiger partial charge in [-0.1, -0.05) is 120 Å². The third-order valence-electron chi connectivity index (χ3n) is 7.49. The van der Waals surface area contributed by atoms with Gasteiger partial charge in [-0.3, -0.25) is 0 Å². The molecule has 4 nitrogen and oxygen atoms in total. The molecule has 0 N–H and O–H groups in total. The van der Waals surface area contributed by atoms with Gasteiger partial charge in [0.05, 0.1) is 14.1 Å². The van der Waals surface area contributed by atoms with Gasteiger partial charge in [0.2, 0.25) is 6.79 Å². The molecular formula is C33H52NO3+. The minimum absolute atomic E-state index is 0.0629. The van der Waals surface area contributed by atoms with Crippen LogP contribution < -0.4 is 4.74 Å². The van der Waals surface area contributed by atoms with Crippen molar-refractivity contribution < 1.29 is 18.8 Å². The first-order valence-electron chi connectivity index (χ1n) is 14.7. The fourth-order valence-corrected chi connectivity index (χ4v) is 4.67. The van der Waals surface area contributed by atoms with Gasteiger partial charge in [0.15, 0.2) is 6.04 Å². The first-order valence-corrected chi connectivity index (χ1v) is 14.7. The third kappa shape index (κ3) is 13.2. The molecule has 0 saturated carbocycles. The van der Waals surface area contributed by atoms with E-state index in [1.807, 2.05) is 37.3 Å². The molecule has 4 heteroatoms. The van der Waals surface area contributed by atoms with Gasteiger partial charge in [0.25, 0.3) is 0 Å². The molecule has 1 atom stereocenters. The third-order valence-corrected chi connectivity index (χ3v) is 7.49. The van der Waals surface area contributed by atoms with Gasteiger partial charge in [-0.25, -0.2) is 4.79 Å². The fraction of sp³-hybridized carbons (Fsp3) is 0.606. The number of unbranched alkanes of at least 4 members (excludes halogenated alkanes) is 11. The Morgan fingerprint density at radius 1 is 0.730 bits per heavy atom. The van der Waals surface area contributed by atoms with Gasteiger partial charge >= 0.3 is 5.97 Å². The molecule has 0 spiro atoms. The summed E-state index contributed by atoms with van der Waals surface area (Å²) < 4.78 is 11.6. The van der Waals surface area contributed by atoms with E-state index in [1.54, 1.807) is 0 Å². The van der Waals surface area contributed by atoms with Crippen LogP contribution in [0, 0.1) is 0 Å². The highest BCUT2D eigenvalue weighted by molar-refractivity contribution is 5.74. The first kappa shape index (κ1) is 30.9. The molecule has 2 rings (SSSR count). The standard InChI is InChI=1S/C33H52NO3/c1-5-6-7-8-9-10-11-12-13-14-15-17-20-30-23-25-32(26-24-30)36-28-37-33(35)29(2)34(3,4)27-31-21-18-16-19-22-31/h16,18-19,21-26,29H,5-15,17,20,27-28H2,1-4H3/q+1. The van der Waals surface area contributed by atoms with Crippen LogP contribution in [0.15, 0.2) is 54.6 Å². The molecule has 0 bridgehead atoms. The molecule has 0 heterocycles. The van der Waals surface area contributed by atoms with E-state index in [4.69, 9.17) is 9.47 Å². The number of hydrogen-bond acceptors (Lipinski definition) is 3. The summed E-state index contributed by atoms with van der Waals surface area (Å²) in [5.74, 6) is 0.487. The Morgan fingerprint density at radius 2 is 1.27 bits per heavy atom. The van der Waals surface area contributed by atoms with E-state index in [9.17, 15) is 4.79 Å². The molecule has 0 aliphatic carbocycles. The topological polar surface area (TPSA) is 35.5 Å². The van der Waals surface area contributed by atoms with E-state index in [0.29, 0.717) is 4.48 Å². The summed E-state index contributed by atoms with van der Waals surface area (Å²) in [7, 11) is 4.10. The summed E-state index contributed by atoms with van der Waals surface area (Å²) >= 11 is 0. The second-order valence-electron chi connectivity index (χ2n) is 11.1. The number of quaternary nitrogens is 1. The van der Waals surface area contributed by atoms with Gasteiger partial charge < -0.3 is 14.0 Å². The van der Waals surface area contributed by atoms with Gasteiger partial charge in [-0.05, 0) is 37.5 Å². The van der Waals surface area contributed by atoms with Gasteiger partial charge in [0, 0.05) is 5.56 Å². The van der Waals surface area contributed by atoms with Gasteiger partial charge in [0.1, 0.15) is 12.3 Å². The number of ether oxygens (including phenoxy) is 2. The zero-order valence-electron chi connectivity index (χ0n) is 24.1. The van der Waals surface area contributed by atoms with Crippen molar-refractivity contribution in [2.24, 2.45) is 0 Å². The number of carbonyl (C=O) groups excluding carboxylic acids is 1. The number of nitrogens with zero attached hydrogens (tertiary/aromatic N) is 1. The van der Waals surface area contributed by atoms with E-state index >= 15 is 0 Å². The van der Waals surface area contributed by atoms with E-state index in [-0.39, 0.29) is 18.8 Å². The van der Waals surface area contributed by atoms with Crippen molar-refractivity contribution in [1.29, 1.82) is 0 Å². The number of carbonyl (C=O) groups is 1. The van der Waals surface area contributed by atoms with Crippen LogP contribution in [0.2, 0.25) is 0 Å². The van der Waals surface area contributed by atoms with Crippen molar-refractivity contribution in [3.63, 3.8) is 0 Å². The van der Waals surface area contributed by atoms with E-state index < -0.39 is 0 Å². The van der Waals surface area contributed by atoms with E-state index in [1.165, 1.54) is 88.2 Å². The maximum Gasteiger partial charge on any atom is 0.367 e. The normalized spacial score (nSPS) is 12.3. The minimum Gasteiger partial charge on any atom is -0.457 e. The molecule has 0 aliphatic rings. The molecule has 1 unspecified atom stereocenters. The van der Waals surface area contributed by atoms with Crippen molar-refractivity contribution in [1.82, 2.24) is 0 Å². The Labute approximate surface area is 227 Å². The number of aryl methyl sites for hydroxylation is 1. The summed E-state index contributed by atoms with van der Waals surface area (Å²) in [6.07, 6.45) is 17.6. The highest BCUT2D eigenvalue weighted by atomic mass is 16.7. The van der Waals surface area contributed by atoms with Crippen LogP contribution in [0.4, 0.5) is 0 Å². The van der Waals surface area contributed by atoms with E-state index in [0.717, 1.165) is 18.7 Å². The summed E-state index contributed by atoms with van der Waals surface area (Å²) in [5, 5.41) is 0. The summed E-state index contributed by atoms with van der Waals surface area (Å²) in [5.41, 5.74) is 2.54. The molecule has 37 heavy (non-hydrogen) atoms. The lowest BCUT2D eigenvalue weighted by atomic mass is 10.0. The number of rotatable bonds is 20. The van der Waals surface area contributed by atoms with Crippen LogP contribution in [0.5, 0.6) is 5.75 Å². The van der Waals surface area contributed by atoms with Crippen LogP contribution in [-0.4, -0.2) is 37.4 Å². The molecule has 2 aromatic carbocycles. The number of benzene rings is 2. The van der Waals surface area contributed by atoms with Crippen LogP contribution in [-0.2, 0) is 22.5 Å². The fourth-order valence-electron chi connectivity index (χ4n) is 4.67. The molecule has 206 valence electrons. The highest BCUT2D eigenvalue weighted by Gasteiger charge is 2.32. The summed E-state index contributed by atoms with van der Waals surface area (Å²) in [4.78, 5) is 12.6. The lowest BCUT2D eigenvalue weighted by Gasteiger charge is -2.34. The lowest BCUT2D eigenvalue weighted by molar-refractivity contribution is -0.917. The highest BCUT2D eigenvalue weighted by Crippen LogP contribution is 2.18. The van der Waals surface area contributed by atoms with Crippen LogP contribution in [0.3, 0.4) is 0 Å². The monoisotopic (exact) mass is 510 g/mol. The second kappa shape index (κ2) is 18.0. The Bertz CT molecular complexity index is 848. The average molecular weight is 511 g/mol. The second-order valence-corrected chi connectivity index (χ2v) is 11.1. The smallest absolute Gasteiger partial charge is 0.367 e. The number of likely N-dealkylation sites (N-methyl/N-ethyl adjacent to an activating group) is 1. The van der Waals surface area contributed by atoms with Crippen molar-refractivity contribution in [2.75, 3.05) is 20.9 Å². The van der Waals surface area contributed by atoms with Gasteiger partial charge in [-0.15, -0.1) is 0 Å². The molecule has 0 saturated heterocycles. The van der Waals surface area contributed by atoms with Crippen LogP contribution in [0.1, 0.15) is 102 Å². The molecule has 0 radical (unpaired) electrons. The summed E-state index contributed by atoms with van der Waals surface area (Å²) in [6, 6.07) is 18.1. The van der Waals surface area contributed by atoms with Crippen molar-refractivity contribution in [3.05, 3.63) is 65.7 Å². The van der Waals surface area contributed by atoms with E-state index in [2.05, 4.69) is 45.3 Å². The van der Waals surface area contributed by atoms with Gasteiger partial charge in [-0.2, -0.15) is 0 Å². The molecule has 2 aromatic rings. The minimum atomic E-state index is -0.290. The maximum atomic E-state index is 12.6. The zero-order valence-corrected chi connectivity index (χ0v) is 24.1. The maximum absolute atomic E-state index is 12.6. The largest absolute Gasteiger partial charge is 0.457 e. The Kier molecular flexibility index (Phi) is 15.0. The molecular weight excluding hydrogens is 458 g/mol. The van der Waals surface area contributed by atoms with Crippen molar-refractivity contribution >= 4 is 5.97 Å². The van der Waals surface area contributed by atoms with Crippen molar-refractivity contribution in [3.8, 4) is 5.75 Å². The molecule has 0 aliphatic heterocycles. The Hall–Kier alpha value is -2.33. The molecule has 0 fully saturated rings. The first-order chi connectivity index (χ1) is 17.9. The number of esters is 1. The zero-order chi connectivity index (χ0) is 26.8. The predicted octanol–water partition coefficient (Wildman–Crippen LogP) is 8.47. The SMILES string of the molecule is CCCCCCCCCCCCCCc1ccc(OCOC(=O)C(C)[N+](C)(C)Cc2ccccc2)cc1. The number of hydrogen-bond donors (Lipinski definition) is 0. The van der Waals surface area contributed by atoms with Crippen molar-refractivity contribution in [2.45, 2.75) is 110 Å². The Balaban J connectivity index is 1.55.